The van der Waals surface area contributed by atoms with Crippen molar-refractivity contribution in [3.05, 3.63) is 35.4 Å². The van der Waals surface area contributed by atoms with Gasteiger partial charge in [-0.05, 0) is 56.1 Å². The zero-order chi connectivity index (χ0) is 15.6. The van der Waals surface area contributed by atoms with Crippen molar-refractivity contribution in [2.75, 3.05) is 13.2 Å². The minimum absolute atomic E-state index is 0.0814. The number of benzene rings is 1. The van der Waals surface area contributed by atoms with Crippen LogP contribution in [0.2, 0.25) is 0 Å². The first-order valence-electron chi connectivity index (χ1n) is 8.54. The lowest BCUT2D eigenvalue weighted by Gasteiger charge is -2.38. The summed E-state index contributed by atoms with van der Waals surface area (Å²) in [5.74, 6) is 0.764. The largest absolute Gasteiger partial charge is 0.381 e. The Morgan fingerprint density at radius 2 is 1.95 bits per heavy atom. The summed E-state index contributed by atoms with van der Waals surface area (Å²) in [4.78, 5) is 12.7. The van der Waals surface area contributed by atoms with Crippen molar-refractivity contribution in [2.45, 2.75) is 51.5 Å². The number of nitrogens with one attached hydrogen (secondary N) is 1. The molecule has 0 radical (unpaired) electrons. The van der Waals surface area contributed by atoms with Crippen LogP contribution in [0.3, 0.4) is 0 Å². The standard InChI is InChI=1S/C19H27NO2/c1-14(15-8-11-22-12-9-15)18(21)20-19(2)10-7-16-5-3-4-6-17(16)13-19/h3-6,14-15H,7-13H2,1-2H3,(H,20,21)/t14-,19+/m1/s1. The van der Waals surface area contributed by atoms with E-state index in [1.165, 1.54) is 11.1 Å². The van der Waals surface area contributed by atoms with Crippen LogP contribution < -0.4 is 5.32 Å². The number of carbonyl (C=O) groups is 1. The van der Waals surface area contributed by atoms with Gasteiger partial charge in [0.05, 0.1) is 0 Å². The van der Waals surface area contributed by atoms with E-state index in [0.717, 1.165) is 45.3 Å². The second-order valence-corrected chi connectivity index (χ2v) is 7.23. The van der Waals surface area contributed by atoms with Crippen molar-refractivity contribution in [1.82, 2.24) is 5.32 Å². The van der Waals surface area contributed by atoms with Gasteiger partial charge in [-0.2, -0.15) is 0 Å². The molecule has 0 spiro atoms. The van der Waals surface area contributed by atoms with E-state index >= 15 is 0 Å². The van der Waals surface area contributed by atoms with Crippen LogP contribution in [-0.2, 0) is 22.4 Å². The molecule has 0 bridgehead atoms. The summed E-state index contributed by atoms with van der Waals surface area (Å²) in [6, 6.07) is 8.60. The van der Waals surface area contributed by atoms with Crippen molar-refractivity contribution in [3.63, 3.8) is 0 Å². The van der Waals surface area contributed by atoms with E-state index in [0.29, 0.717) is 5.92 Å². The smallest absolute Gasteiger partial charge is 0.223 e. The van der Waals surface area contributed by atoms with Gasteiger partial charge in [0.25, 0.3) is 0 Å². The molecular formula is C19H27NO2. The Morgan fingerprint density at radius 3 is 2.68 bits per heavy atom. The first-order chi connectivity index (χ1) is 10.6. The second-order valence-electron chi connectivity index (χ2n) is 7.23. The van der Waals surface area contributed by atoms with Gasteiger partial charge in [-0.1, -0.05) is 31.2 Å². The Labute approximate surface area is 133 Å². The van der Waals surface area contributed by atoms with Gasteiger partial charge in [0, 0.05) is 24.7 Å². The lowest BCUT2D eigenvalue weighted by Crippen LogP contribution is -2.52. The Balaban J connectivity index is 1.63. The van der Waals surface area contributed by atoms with Crippen LogP contribution in [-0.4, -0.2) is 24.7 Å². The summed E-state index contributed by atoms with van der Waals surface area (Å²) in [5, 5.41) is 3.35. The Bertz CT molecular complexity index is 536. The Kier molecular flexibility index (Phi) is 4.53. The fourth-order valence-electron chi connectivity index (χ4n) is 3.84. The van der Waals surface area contributed by atoms with Gasteiger partial charge in [-0.3, -0.25) is 4.79 Å². The molecule has 1 N–H and O–H groups in total. The highest BCUT2D eigenvalue weighted by atomic mass is 16.5. The maximum Gasteiger partial charge on any atom is 0.223 e. The van der Waals surface area contributed by atoms with Crippen LogP contribution in [0.1, 0.15) is 44.2 Å². The van der Waals surface area contributed by atoms with Gasteiger partial charge in [0.1, 0.15) is 0 Å². The van der Waals surface area contributed by atoms with E-state index < -0.39 is 0 Å². The number of hydrogen-bond donors (Lipinski definition) is 1. The Hall–Kier alpha value is -1.35. The van der Waals surface area contributed by atoms with Crippen LogP contribution >= 0.6 is 0 Å². The number of aryl methyl sites for hydroxylation is 1. The van der Waals surface area contributed by atoms with E-state index in [1.54, 1.807) is 0 Å². The summed E-state index contributed by atoms with van der Waals surface area (Å²) in [6.45, 7) is 5.86. The molecule has 120 valence electrons. The monoisotopic (exact) mass is 301 g/mol. The van der Waals surface area contributed by atoms with Crippen molar-refractivity contribution >= 4 is 5.91 Å². The molecule has 2 atom stereocenters. The summed E-state index contributed by atoms with van der Waals surface area (Å²) in [5.41, 5.74) is 2.71. The highest BCUT2D eigenvalue weighted by Crippen LogP contribution is 2.30. The SMILES string of the molecule is C[C@@H](C(=O)N[C@@]1(C)CCc2ccccc2C1)C1CCOCC1. The topological polar surface area (TPSA) is 38.3 Å². The van der Waals surface area contributed by atoms with Gasteiger partial charge >= 0.3 is 0 Å². The average molecular weight is 301 g/mol. The van der Waals surface area contributed by atoms with Crippen LogP contribution in [0.5, 0.6) is 0 Å². The number of amides is 1. The number of fused-ring (bicyclic) bond motifs is 1. The van der Waals surface area contributed by atoms with Crippen molar-refractivity contribution in [2.24, 2.45) is 11.8 Å². The fraction of sp³-hybridized carbons (Fsp3) is 0.632. The molecule has 3 nitrogen and oxygen atoms in total. The van der Waals surface area contributed by atoms with Crippen LogP contribution in [0, 0.1) is 11.8 Å². The predicted molar refractivity (Wildman–Crippen MR) is 87.7 cm³/mol. The minimum atomic E-state index is -0.106. The van der Waals surface area contributed by atoms with E-state index in [-0.39, 0.29) is 17.4 Å². The zero-order valence-electron chi connectivity index (χ0n) is 13.7. The third-order valence-corrected chi connectivity index (χ3v) is 5.46. The van der Waals surface area contributed by atoms with Gasteiger partial charge in [0.2, 0.25) is 5.91 Å². The molecule has 3 rings (SSSR count). The number of rotatable bonds is 3. The summed E-state index contributed by atoms with van der Waals surface area (Å²) >= 11 is 0. The zero-order valence-corrected chi connectivity index (χ0v) is 13.7. The van der Waals surface area contributed by atoms with Crippen LogP contribution in [0.4, 0.5) is 0 Å². The lowest BCUT2D eigenvalue weighted by molar-refractivity contribution is -0.129. The minimum Gasteiger partial charge on any atom is -0.381 e. The first-order valence-corrected chi connectivity index (χ1v) is 8.54. The molecule has 0 saturated carbocycles. The molecule has 1 aliphatic carbocycles. The van der Waals surface area contributed by atoms with Gasteiger partial charge in [-0.25, -0.2) is 0 Å². The molecule has 1 aromatic rings. The molecule has 0 aromatic heterocycles. The summed E-state index contributed by atoms with van der Waals surface area (Å²) < 4.78 is 5.41. The third-order valence-electron chi connectivity index (χ3n) is 5.46. The molecule has 1 saturated heterocycles. The highest BCUT2D eigenvalue weighted by Gasteiger charge is 2.34. The maximum atomic E-state index is 12.7. The van der Waals surface area contributed by atoms with E-state index in [1.807, 2.05) is 0 Å². The molecule has 1 heterocycles. The maximum absolute atomic E-state index is 12.7. The first kappa shape index (κ1) is 15.5. The van der Waals surface area contributed by atoms with E-state index in [4.69, 9.17) is 4.74 Å². The molecule has 3 heteroatoms. The normalized spacial score (nSPS) is 27.0. The second kappa shape index (κ2) is 6.41. The summed E-state index contributed by atoms with van der Waals surface area (Å²) in [6.07, 6.45) is 5.03. The third kappa shape index (κ3) is 3.35. The number of ether oxygens (including phenoxy) is 1. The van der Waals surface area contributed by atoms with Crippen LogP contribution in [0.25, 0.3) is 0 Å². The average Bonchev–Trinajstić information content (AvgIpc) is 2.54. The fourth-order valence-corrected chi connectivity index (χ4v) is 3.84. The Morgan fingerprint density at radius 1 is 1.27 bits per heavy atom. The lowest BCUT2D eigenvalue weighted by atomic mass is 9.78. The molecule has 1 aliphatic heterocycles. The van der Waals surface area contributed by atoms with Crippen molar-refractivity contribution < 1.29 is 9.53 Å². The quantitative estimate of drug-likeness (QED) is 0.931. The van der Waals surface area contributed by atoms with E-state index in [9.17, 15) is 4.79 Å². The predicted octanol–water partition coefficient (Wildman–Crippen LogP) is 3.11. The van der Waals surface area contributed by atoms with E-state index in [2.05, 4.69) is 43.4 Å². The van der Waals surface area contributed by atoms with Gasteiger partial charge < -0.3 is 10.1 Å². The molecule has 1 fully saturated rings. The molecule has 1 amide bonds. The molecular weight excluding hydrogens is 274 g/mol. The van der Waals surface area contributed by atoms with Crippen LogP contribution in [0.15, 0.2) is 24.3 Å². The molecule has 2 aliphatic rings. The highest BCUT2D eigenvalue weighted by molar-refractivity contribution is 5.79. The molecule has 0 unspecified atom stereocenters. The summed E-state index contributed by atoms with van der Waals surface area (Å²) in [7, 11) is 0. The van der Waals surface area contributed by atoms with Crippen molar-refractivity contribution in [3.8, 4) is 0 Å². The number of hydrogen-bond acceptors (Lipinski definition) is 2. The van der Waals surface area contributed by atoms with Gasteiger partial charge in [-0.15, -0.1) is 0 Å². The van der Waals surface area contributed by atoms with Gasteiger partial charge in [0.15, 0.2) is 0 Å². The molecule has 22 heavy (non-hydrogen) atoms. The molecule has 1 aromatic carbocycles. The number of carbonyl (C=O) groups excluding carboxylic acids is 1. The van der Waals surface area contributed by atoms with Crippen molar-refractivity contribution in [1.29, 1.82) is 0 Å².